The molecule has 4 N–H and O–H groups in total. The van der Waals surface area contributed by atoms with Crippen LogP contribution >= 0.6 is 0 Å². The maximum atomic E-state index is 12.4. The standard InChI is InChI=1S/C38H76N2O2/c1-3-5-7-9-11-13-15-17-19-21-23-25-27-29-36(41)31-33-38(40,35-39)34-32-37(42)30-28-26-24-22-20-18-16-14-12-10-8-6-4-2/h3-35,39-40H2,1-2H3. The van der Waals surface area contributed by atoms with Gasteiger partial charge in [-0.05, 0) is 25.7 Å². The predicted octanol–water partition coefficient (Wildman–Crippen LogP) is 11.3. The van der Waals surface area contributed by atoms with Crippen LogP contribution < -0.4 is 11.5 Å². The highest BCUT2D eigenvalue weighted by Gasteiger charge is 2.25. The van der Waals surface area contributed by atoms with E-state index in [-0.39, 0.29) is 0 Å². The second-order valence-corrected chi connectivity index (χ2v) is 13.6. The molecule has 4 nitrogen and oxygen atoms in total. The number of rotatable bonds is 35. The highest BCUT2D eigenvalue weighted by molar-refractivity contribution is 5.79. The molecule has 0 aliphatic heterocycles. The highest BCUT2D eigenvalue weighted by atomic mass is 16.1. The van der Waals surface area contributed by atoms with E-state index in [1.165, 1.54) is 141 Å². The monoisotopic (exact) mass is 593 g/mol. The van der Waals surface area contributed by atoms with E-state index < -0.39 is 5.54 Å². The summed E-state index contributed by atoms with van der Waals surface area (Å²) in [7, 11) is 0. The van der Waals surface area contributed by atoms with Crippen LogP contribution in [0.4, 0.5) is 0 Å². The first-order valence-corrected chi connectivity index (χ1v) is 19.0. The van der Waals surface area contributed by atoms with Gasteiger partial charge in [-0.3, -0.25) is 9.59 Å². The van der Waals surface area contributed by atoms with Gasteiger partial charge in [-0.1, -0.05) is 168 Å². The Hall–Kier alpha value is -0.740. The molecule has 0 radical (unpaired) electrons. The van der Waals surface area contributed by atoms with Crippen molar-refractivity contribution in [3.63, 3.8) is 0 Å². The lowest BCUT2D eigenvalue weighted by Gasteiger charge is -2.27. The Bertz CT molecular complexity index is 546. The molecule has 0 bridgehead atoms. The SMILES string of the molecule is CCCCCCCCCCCCCCCC(=O)CCC(N)(CN)CCC(=O)CCCCCCCCCCCCCCC. The van der Waals surface area contributed by atoms with E-state index in [2.05, 4.69) is 13.8 Å². The molecule has 0 aromatic rings. The maximum Gasteiger partial charge on any atom is 0.132 e. The Morgan fingerprint density at radius 3 is 0.881 bits per heavy atom. The van der Waals surface area contributed by atoms with E-state index in [1.54, 1.807) is 0 Å². The van der Waals surface area contributed by atoms with Gasteiger partial charge >= 0.3 is 0 Å². The number of carbonyl (C=O) groups is 2. The molecule has 0 aliphatic carbocycles. The zero-order valence-corrected chi connectivity index (χ0v) is 28.8. The smallest absolute Gasteiger partial charge is 0.132 e. The summed E-state index contributed by atoms with van der Waals surface area (Å²) >= 11 is 0. The quantitative estimate of drug-likeness (QED) is 0.0716. The first-order chi connectivity index (χ1) is 20.5. The summed E-state index contributed by atoms with van der Waals surface area (Å²) in [6, 6.07) is 0. The number of carbonyl (C=O) groups excluding carboxylic acids is 2. The molecule has 0 fully saturated rings. The number of Topliss-reactive ketones (excluding diaryl/α,β-unsaturated/α-hetero) is 2. The Morgan fingerprint density at radius 1 is 0.405 bits per heavy atom. The van der Waals surface area contributed by atoms with Gasteiger partial charge < -0.3 is 11.5 Å². The summed E-state index contributed by atoms with van der Waals surface area (Å²) in [6.45, 7) is 4.89. The fourth-order valence-electron chi connectivity index (χ4n) is 6.04. The van der Waals surface area contributed by atoms with Crippen molar-refractivity contribution in [3.05, 3.63) is 0 Å². The summed E-state index contributed by atoms with van der Waals surface area (Å²) in [6.07, 6.45) is 37.8. The van der Waals surface area contributed by atoms with Crippen molar-refractivity contribution in [3.8, 4) is 0 Å². The molecule has 0 spiro atoms. The van der Waals surface area contributed by atoms with Crippen molar-refractivity contribution in [2.45, 2.75) is 225 Å². The molecule has 0 atom stereocenters. The van der Waals surface area contributed by atoms with Crippen molar-refractivity contribution in [1.29, 1.82) is 0 Å². The summed E-state index contributed by atoms with van der Waals surface area (Å²) in [5.74, 6) is 0.610. The van der Waals surface area contributed by atoms with Crippen molar-refractivity contribution >= 4 is 11.6 Å². The number of hydrogen-bond donors (Lipinski definition) is 2. The molecule has 0 heterocycles. The van der Waals surface area contributed by atoms with E-state index >= 15 is 0 Å². The predicted molar refractivity (Wildman–Crippen MR) is 185 cm³/mol. The fourth-order valence-corrected chi connectivity index (χ4v) is 6.04. The van der Waals surface area contributed by atoms with Crippen LogP contribution in [0.25, 0.3) is 0 Å². The maximum absolute atomic E-state index is 12.4. The van der Waals surface area contributed by atoms with Crippen LogP contribution in [-0.2, 0) is 9.59 Å². The third kappa shape index (κ3) is 29.3. The summed E-state index contributed by atoms with van der Waals surface area (Å²) in [5.41, 5.74) is 11.9. The van der Waals surface area contributed by atoms with Crippen LogP contribution in [0.1, 0.15) is 219 Å². The Morgan fingerprint density at radius 2 is 0.643 bits per heavy atom. The molecule has 250 valence electrons. The molecule has 0 unspecified atom stereocenters. The molecular formula is C38H76N2O2. The molecule has 4 heteroatoms. The van der Waals surface area contributed by atoms with Crippen molar-refractivity contribution < 1.29 is 9.59 Å². The van der Waals surface area contributed by atoms with Crippen molar-refractivity contribution in [2.75, 3.05) is 6.54 Å². The summed E-state index contributed by atoms with van der Waals surface area (Å²) in [4.78, 5) is 24.9. The molecule has 0 saturated heterocycles. The van der Waals surface area contributed by atoms with Crippen LogP contribution in [0.5, 0.6) is 0 Å². The second kappa shape index (κ2) is 31.7. The molecule has 0 saturated carbocycles. The number of hydrogen-bond acceptors (Lipinski definition) is 4. The highest BCUT2D eigenvalue weighted by Crippen LogP contribution is 2.20. The zero-order valence-electron chi connectivity index (χ0n) is 28.8. The molecule has 0 amide bonds. The van der Waals surface area contributed by atoms with Gasteiger partial charge in [0.1, 0.15) is 11.6 Å². The van der Waals surface area contributed by atoms with E-state index in [4.69, 9.17) is 11.5 Å². The van der Waals surface area contributed by atoms with Gasteiger partial charge in [-0.25, -0.2) is 0 Å². The largest absolute Gasteiger partial charge is 0.329 e. The molecule has 0 aliphatic rings. The minimum absolute atomic E-state index is 0.305. The zero-order chi connectivity index (χ0) is 31.0. The first-order valence-electron chi connectivity index (χ1n) is 19.0. The van der Waals surface area contributed by atoms with Crippen LogP contribution in [0.15, 0.2) is 0 Å². The van der Waals surface area contributed by atoms with E-state index in [0.717, 1.165) is 25.7 Å². The van der Waals surface area contributed by atoms with Gasteiger partial charge in [0, 0.05) is 37.8 Å². The van der Waals surface area contributed by atoms with Gasteiger partial charge in [0.2, 0.25) is 0 Å². The van der Waals surface area contributed by atoms with Gasteiger partial charge in [0.25, 0.3) is 0 Å². The number of ketones is 2. The minimum atomic E-state index is -0.586. The Balaban J connectivity index is 3.65. The molecule has 0 aromatic carbocycles. The average Bonchev–Trinajstić information content (AvgIpc) is 2.99. The van der Waals surface area contributed by atoms with Gasteiger partial charge in [-0.15, -0.1) is 0 Å². The van der Waals surface area contributed by atoms with Gasteiger partial charge in [-0.2, -0.15) is 0 Å². The third-order valence-electron chi connectivity index (χ3n) is 9.33. The van der Waals surface area contributed by atoms with Crippen molar-refractivity contribution in [2.24, 2.45) is 11.5 Å². The lowest BCUT2D eigenvalue weighted by molar-refractivity contribution is -0.119. The van der Waals surface area contributed by atoms with Crippen LogP contribution in [0.2, 0.25) is 0 Å². The topological polar surface area (TPSA) is 86.2 Å². The van der Waals surface area contributed by atoms with Gasteiger partial charge in [0.15, 0.2) is 0 Å². The van der Waals surface area contributed by atoms with Crippen LogP contribution in [0.3, 0.4) is 0 Å². The molecule has 42 heavy (non-hydrogen) atoms. The van der Waals surface area contributed by atoms with Crippen molar-refractivity contribution in [1.82, 2.24) is 0 Å². The summed E-state index contributed by atoms with van der Waals surface area (Å²) in [5, 5.41) is 0. The van der Waals surface area contributed by atoms with E-state index in [9.17, 15) is 9.59 Å². The molecule has 0 aromatic heterocycles. The number of nitrogens with two attached hydrogens (primary N) is 2. The molecule has 0 rings (SSSR count). The third-order valence-corrected chi connectivity index (χ3v) is 9.33. The van der Waals surface area contributed by atoms with E-state index in [1.807, 2.05) is 0 Å². The average molecular weight is 593 g/mol. The fraction of sp³-hybridized carbons (Fsp3) is 0.947. The first kappa shape index (κ1) is 41.3. The Kier molecular flexibility index (Phi) is 31.1. The lowest BCUT2D eigenvalue weighted by Crippen LogP contribution is -2.47. The van der Waals surface area contributed by atoms with Gasteiger partial charge in [0.05, 0.1) is 0 Å². The lowest BCUT2D eigenvalue weighted by atomic mass is 9.86. The second-order valence-electron chi connectivity index (χ2n) is 13.6. The minimum Gasteiger partial charge on any atom is -0.329 e. The molecular weight excluding hydrogens is 516 g/mol. The normalized spacial score (nSPS) is 11.8. The van der Waals surface area contributed by atoms with Crippen LogP contribution in [0, 0.1) is 0 Å². The number of unbranched alkanes of at least 4 members (excludes halogenated alkanes) is 24. The Labute approximate surface area is 263 Å². The summed E-state index contributed by atoms with van der Waals surface area (Å²) < 4.78 is 0. The van der Waals surface area contributed by atoms with Crippen LogP contribution in [-0.4, -0.2) is 23.7 Å². The van der Waals surface area contributed by atoms with E-state index in [0.29, 0.717) is 56.6 Å².